The third-order valence-electron chi connectivity index (χ3n) is 0.499. The highest BCUT2D eigenvalue weighted by Crippen LogP contribution is 1.78. The lowest BCUT2D eigenvalue weighted by Gasteiger charge is -2.17. The van der Waals surface area contributed by atoms with Crippen LogP contribution >= 0.6 is 0 Å². The molecule has 0 fully saturated rings. The molecule has 0 saturated carbocycles. The van der Waals surface area contributed by atoms with Gasteiger partial charge in [0.25, 0.3) is 0 Å². The van der Waals surface area contributed by atoms with E-state index in [1.54, 1.807) is 0 Å². The van der Waals surface area contributed by atoms with Gasteiger partial charge in [0, 0.05) is 0 Å². The molecule has 3 heteroatoms. The van der Waals surface area contributed by atoms with Crippen LogP contribution in [0, 0.1) is 12.3 Å². The molecule has 0 aromatic carbocycles. The monoisotopic (exact) mass is 178 g/mol. The largest absolute Gasteiger partial charge is 1.00 e. The summed E-state index contributed by atoms with van der Waals surface area (Å²) in [6.07, 6.45) is 4.97. The first-order valence-electron chi connectivity index (χ1n) is 2.11. The predicted octanol–water partition coefficient (Wildman–Crippen LogP) is -3.43. The van der Waals surface area contributed by atoms with Crippen molar-refractivity contribution < 1.29 is 21.6 Å². The quantitative estimate of drug-likeness (QED) is 0.193. The van der Waals surface area contributed by atoms with Gasteiger partial charge in [-0.1, -0.05) is 0 Å². The van der Waals surface area contributed by atoms with Crippen molar-refractivity contribution in [3.05, 3.63) is 0 Å². The van der Waals surface area contributed by atoms with Crippen LogP contribution in [-0.2, 0) is 0 Å². The summed E-state index contributed by atoms with van der Waals surface area (Å²) in [5.74, 6) is 7.90. The second kappa shape index (κ2) is 3.90. The molecule has 2 nitrogen and oxygen atoms in total. The smallest absolute Gasteiger partial charge is 0.157 e. The van der Waals surface area contributed by atoms with Gasteiger partial charge in [-0.2, -0.15) is 5.84 Å². The number of rotatable bonds is 1. The molecule has 0 saturated heterocycles. The zero-order valence-electron chi connectivity index (χ0n) is 5.19. The highest BCUT2D eigenvalue weighted by atomic mass is 79.9. The molecule has 0 radical (unpaired) electrons. The first-order valence-corrected chi connectivity index (χ1v) is 2.11. The number of nitrogens with two attached hydrogens (primary N) is 1. The van der Waals surface area contributed by atoms with Crippen molar-refractivity contribution >= 4 is 0 Å². The molecule has 0 bridgehead atoms. The van der Waals surface area contributed by atoms with E-state index in [1.807, 2.05) is 14.1 Å². The molecule has 0 aromatic rings. The van der Waals surface area contributed by atoms with E-state index in [0.29, 0.717) is 11.1 Å². The maximum atomic E-state index is 5.44. The first kappa shape index (κ1) is 10.9. The Balaban J connectivity index is 0. The number of halogens is 1. The number of quaternary nitrogens is 1. The van der Waals surface area contributed by atoms with E-state index in [0.717, 1.165) is 0 Å². The molecule has 0 aliphatic carbocycles. The molecular formula is C5H11BrN2. The van der Waals surface area contributed by atoms with Crippen LogP contribution in [0.5, 0.6) is 0 Å². The van der Waals surface area contributed by atoms with Crippen LogP contribution in [0.1, 0.15) is 0 Å². The summed E-state index contributed by atoms with van der Waals surface area (Å²) in [4.78, 5) is 0. The first-order chi connectivity index (χ1) is 3.06. The lowest BCUT2D eigenvalue weighted by Crippen LogP contribution is -3.00. The summed E-state index contributed by atoms with van der Waals surface area (Å²) < 4.78 is 0.358. The zero-order chi connectivity index (χ0) is 5.91. The normalized spacial score (nSPS) is 9.25. The second-order valence-electron chi connectivity index (χ2n) is 2.14. The van der Waals surface area contributed by atoms with Crippen molar-refractivity contribution in [3.8, 4) is 12.3 Å². The van der Waals surface area contributed by atoms with Gasteiger partial charge in [-0.05, 0) is 5.92 Å². The molecule has 0 spiro atoms. The van der Waals surface area contributed by atoms with Crippen LogP contribution in [0.3, 0.4) is 0 Å². The van der Waals surface area contributed by atoms with Gasteiger partial charge in [-0.15, -0.1) is 6.42 Å². The van der Waals surface area contributed by atoms with Crippen LogP contribution in [0.2, 0.25) is 0 Å². The fourth-order valence-electron chi connectivity index (χ4n) is 0.235. The summed E-state index contributed by atoms with van der Waals surface area (Å²) in [5.41, 5.74) is 0. The van der Waals surface area contributed by atoms with E-state index in [9.17, 15) is 0 Å². The summed E-state index contributed by atoms with van der Waals surface area (Å²) in [6.45, 7) is 0.583. The molecule has 0 aliphatic rings. The van der Waals surface area contributed by atoms with Crippen molar-refractivity contribution in [2.75, 3.05) is 20.6 Å². The summed E-state index contributed by atoms with van der Waals surface area (Å²) in [6, 6.07) is 0. The molecule has 0 unspecified atom stereocenters. The molecule has 2 N–H and O–H groups in total. The Morgan fingerprint density at radius 1 is 1.62 bits per heavy atom. The van der Waals surface area contributed by atoms with Crippen LogP contribution in [0.4, 0.5) is 0 Å². The standard InChI is InChI=1S/C5H11N2.BrH/c1-4-5-7(2,3)6;/h1H,5-6H2,2-3H3;1H/q+1;/p-1. The third kappa shape index (κ3) is 9.35. The molecule has 0 atom stereocenters. The van der Waals surface area contributed by atoms with Gasteiger partial charge in [0.05, 0.1) is 14.1 Å². The second-order valence-corrected chi connectivity index (χ2v) is 2.14. The number of hydrogen-bond donors (Lipinski definition) is 1. The van der Waals surface area contributed by atoms with E-state index in [1.165, 1.54) is 0 Å². The predicted molar refractivity (Wildman–Crippen MR) is 30.0 cm³/mol. The van der Waals surface area contributed by atoms with E-state index in [4.69, 9.17) is 12.3 Å². The van der Waals surface area contributed by atoms with Gasteiger partial charge in [0.15, 0.2) is 6.54 Å². The molecule has 0 amide bonds. The topological polar surface area (TPSA) is 26.0 Å². The van der Waals surface area contributed by atoms with Gasteiger partial charge < -0.3 is 17.0 Å². The van der Waals surface area contributed by atoms with E-state index in [-0.39, 0.29) is 17.0 Å². The number of terminal acetylenes is 1. The average Bonchev–Trinajstić information content (AvgIpc) is 1.30. The van der Waals surface area contributed by atoms with Crippen LogP contribution in [0.25, 0.3) is 0 Å². The van der Waals surface area contributed by atoms with Crippen molar-refractivity contribution in [3.63, 3.8) is 0 Å². The summed E-state index contributed by atoms with van der Waals surface area (Å²) in [7, 11) is 3.69. The van der Waals surface area contributed by atoms with E-state index < -0.39 is 0 Å². The van der Waals surface area contributed by atoms with Gasteiger partial charge in [-0.3, -0.25) is 0 Å². The number of hydrogen-bond acceptors (Lipinski definition) is 1. The summed E-state index contributed by atoms with van der Waals surface area (Å²) in [5, 5.41) is 0. The highest BCUT2D eigenvalue weighted by Gasteiger charge is 2.01. The van der Waals surface area contributed by atoms with Gasteiger partial charge in [0.1, 0.15) is 0 Å². The van der Waals surface area contributed by atoms with Crippen molar-refractivity contribution in [2.24, 2.45) is 5.84 Å². The maximum absolute atomic E-state index is 5.44. The Hall–Kier alpha value is -0.0400. The Morgan fingerprint density at radius 3 is 2.00 bits per heavy atom. The van der Waals surface area contributed by atoms with Crippen molar-refractivity contribution in [1.29, 1.82) is 0 Å². The lowest BCUT2D eigenvalue weighted by atomic mass is 10.6. The molecular weight excluding hydrogens is 168 g/mol. The van der Waals surface area contributed by atoms with E-state index in [2.05, 4.69) is 5.92 Å². The van der Waals surface area contributed by atoms with Crippen LogP contribution < -0.4 is 22.8 Å². The zero-order valence-corrected chi connectivity index (χ0v) is 6.77. The Kier molecular flexibility index (Phi) is 5.29. The molecule has 0 rings (SSSR count). The van der Waals surface area contributed by atoms with Crippen LogP contribution in [-0.4, -0.2) is 25.2 Å². The minimum atomic E-state index is 0. The average molecular weight is 179 g/mol. The van der Waals surface area contributed by atoms with E-state index >= 15 is 0 Å². The Labute approximate surface area is 61.0 Å². The van der Waals surface area contributed by atoms with Gasteiger partial charge in [0.2, 0.25) is 0 Å². The van der Waals surface area contributed by atoms with Gasteiger partial charge in [-0.25, -0.2) is 4.59 Å². The fraction of sp³-hybridized carbons (Fsp3) is 0.600. The Morgan fingerprint density at radius 2 is 2.00 bits per heavy atom. The highest BCUT2D eigenvalue weighted by molar-refractivity contribution is 4.82. The molecule has 0 heterocycles. The molecule has 0 aromatic heterocycles. The third-order valence-corrected chi connectivity index (χ3v) is 0.499. The minimum Gasteiger partial charge on any atom is -1.00 e. The molecule has 48 valence electrons. The SMILES string of the molecule is C#CC[N+](C)(C)N.[Br-]. The Bertz CT molecular complexity index is 87.6. The molecule has 0 aliphatic heterocycles. The van der Waals surface area contributed by atoms with Crippen molar-refractivity contribution in [2.45, 2.75) is 0 Å². The molecule has 8 heavy (non-hydrogen) atoms. The fourth-order valence-corrected chi connectivity index (χ4v) is 0.235. The number of nitrogens with zero attached hydrogens (tertiary/aromatic N) is 1. The van der Waals surface area contributed by atoms with Gasteiger partial charge >= 0.3 is 0 Å². The maximum Gasteiger partial charge on any atom is 0.157 e. The lowest BCUT2D eigenvalue weighted by molar-refractivity contribution is -0.895. The van der Waals surface area contributed by atoms with Crippen molar-refractivity contribution in [1.82, 2.24) is 0 Å². The summed E-state index contributed by atoms with van der Waals surface area (Å²) >= 11 is 0. The van der Waals surface area contributed by atoms with Crippen LogP contribution in [0.15, 0.2) is 0 Å². The minimum absolute atomic E-state index is 0.